The van der Waals surface area contributed by atoms with Gasteiger partial charge in [0.05, 0.1) is 6.61 Å². The van der Waals surface area contributed by atoms with Gasteiger partial charge < -0.3 is 19.5 Å². The van der Waals surface area contributed by atoms with Crippen LogP contribution in [0.3, 0.4) is 0 Å². The molecule has 8 heteroatoms. The van der Waals surface area contributed by atoms with Gasteiger partial charge >= 0.3 is 12.1 Å². The smallest absolute Gasteiger partial charge is 0.409 e. The van der Waals surface area contributed by atoms with Gasteiger partial charge in [0.1, 0.15) is 5.75 Å². The standard InChI is InChI=1S/C30H39NO6S/c1-7-8-9-14-36-29(35)31-17-24(25(18-31)26(32)21-10-12-23(38-6)13-11-21)22-15-19(2)27(20(3)16-22)37-30(4,5)28(33)34/h10-13,15-16,24-25H,7-9,14,17-18H2,1-6H3,(H,33,34)/t24-,25+/m1/s1. The van der Waals surface area contributed by atoms with Gasteiger partial charge in [-0.25, -0.2) is 9.59 Å². The predicted octanol–water partition coefficient (Wildman–Crippen LogP) is 6.49. The maximum atomic E-state index is 13.7. The molecular weight excluding hydrogens is 502 g/mol. The van der Waals surface area contributed by atoms with Gasteiger partial charge in [-0.3, -0.25) is 4.79 Å². The molecular formula is C30H39NO6S. The molecule has 206 valence electrons. The van der Waals surface area contributed by atoms with Gasteiger partial charge in [0.2, 0.25) is 0 Å². The number of aliphatic carboxylic acids is 1. The second kappa shape index (κ2) is 12.7. The Kier molecular flexibility index (Phi) is 9.88. The van der Waals surface area contributed by atoms with Crippen LogP contribution in [0.1, 0.15) is 73.0 Å². The molecule has 7 nitrogen and oxygen atoms in total. The summed E-state index contributed by atoms with van der Waals surface area (Å²) in [6, 6.07) is 11.4. The van der Waals surface area contributed by atoms with E-state index in [1.54, 1.807) is 16.7 Å². The van der Waals surface area contributed by atoms with Crippen molar-refractivity contribution < 1.29 is 29.0 Å². The van der Waals surface area contributed by atoms with E-state index in [2.05, 4.69) is 6.92 Å². The molecule has 1 heterocycles. The highest BCUT2D eigenvalue weighted by Gasteiger charge is 2.41. The molecule has 1 amide bonds. The number of unbranched alkanes of at least 4 members (excludes halogenated alkanes) is 2. The predicted molar refractivity (Wildman–Crippen MR) is 149 cm³/mol. The molecule has 1 saturated heterocycles. The normalized spacial score (nSPS) is 17.4. The van der Waals surface area contributed by atoms with Crippen LogP contribution in [0.15, 0.2) is 41.3 Å². The maximum Gasteiger partial charge on any atom is 0.409 e. The number of hydrogen-bond donors (Lipinski definition) is 1. The van der Waals surface area contributed by atoms with Crippen LogP contribution in [-0.4, -0.2) is 59.4 Å². The molecule has 0 saturated carbocycles. The molecule has 2 aromatic rings. The van der Waals surface area contributed by atoms with Gasteiger partial charge in [0.25, 0.3) is 0 Å². The minimum Gasteiger partial charge on any atom is -0.478 e. The lowest BCUT2D eigenvalue weighted by atomic mass is 9.82. The van der Waals surface area contributed by atoms with Crippen molar-refractivity contribution in [1.29, 1.82) is 0 Å². The van der Waals surface area contributed by atoms with Crippen LogP contribution in [0.25, 0.3) is 0 Å². The number of hydrogen-bond acceptors (Lipinski definition) is 6. The minimum atomic E-state index is -1.38. The first-order chi connectivity index (χ1) is 18.0. The van der Waals surface area contributed by atoms with E-state index in [1.165, 1.54) is 13.8 Å². The maximum absolute atomic E-state index is 13.7. The van der Waals surface area contributed by atoms with Crippen LogP contribution in [0.5, 0.6) is 5.75 Å². The number of benzene rings is 2. The van der Waals surface area contributed by atoms with Crippen LogP contribution in [0, 0.1) is 19.8 Å². The molecule has 0 aliphatic carbocycles. The monoisotopic (exact) mass is 541 g/mol. The van der Waals surface area contributed by atoms with Gasteiger partial charge in [-0.15, -0.1) is 11.8 Å². The zero-order valence-electron chi connectivity index (χ0n) is 23.2. The van der Waals surface area contributed by atoms with Crippen molar-refractivity contribution in [3.8, 4) is 5.75 Å². The summed E-state index contributed by atoms with van der Waals surface area (Å²) in [5.74, 6) is -1.21. The van der Waals surface area contributed by atoms with Crippen molar-refractivity contribution in [3.05, 3.63) is 58.7 Å². The fraction of sp³-hybridized carbons (Fsp3) is 0.500. The van der Waals surface area contributed by atoms with E-state index >= 15 is 0 Å². The summed E-state index contributed by atoms with van der Waals surface area (Å²) in [6.07, 6.45) is 4.45. The fourth-order valence-electron chi connectivity index (χ4n) is 4.79. The Bertz CT molecular complexity index is 1140. The first-order valence-electron chi connectivity index (χ1n) is 13.1. The molecule has 1 N–H and O–H groups in total. The average Bonchev–Trinajstić information content (AvgIpc) is 3.34. The molecule has 1 aliphatic rings. The topological polar surface area (TPSA) is 93.1 Å². The molecule has 0 aromatic heterocycles. The van der Waals surface area contributed by atoms with E-state index < -0.39 is 23.6 Å². The SMILES string of the molecule is CCCCCOC(=O)N1C[C@H](C(=O)c2ccc(SC)cc2)[C@@H](c2cc(C)c(OC(C)(C)C(=O)O)c(C)c2)C1. The van der Waals surface area contributed by atoms with Gasteiger partial charge in [-0.05, 0) is 69.2 Å². The van der Waals surface area contributed by atoms with Crippen molar-refractivity contribution >= 4 is 29.6 Å². The first kappa shape index (κ1) is 29.6. The van der Waals surface area contributed by atoms with Gasteiger partial charge in [-0.2, -0.15) is 0 Å². The van der Waals surface area contributed by atoms with Crippen LogP contribution in [-0.2, 0) is 9.53 Å². The molecule has 0 bridgehead atoms. The summed E-state index contributed by atoms with van der Waals surface area (Å²) in [5.41, 5.74) is 1.72. The van der Waals surface area contributed by atoms with Crippen LogP contribution < -0.4 is 4.74 Å². The number of ether oxygens (including phenoxy) is 2. The number of likely N-dealkylation sites (tertiary alicyclic amines) is 1. The number of aryl methyl sites for hydroxylation is 2. The van der Waals surface area contributed by atoms with E-state index in [4.69, 9.17) is 9.47 Å². The van der Waals surface area contributed by atoms with E-state index in [1.807, 2.05) is 56.5 Å². The Hall–Kier alpha value is -3.00. The van der Waals surface area contributed by atoms with Crippen molar-refractivity contribution in [1.82, 2.24) is 4.90 Å². The molecule has 0 unspecified atom stereocenters. The zero-order chi connectivity index (χ0) is 28.0. The van der Waals surface area contributed by atoms with Crippen LogP contribution in [0.2, 0.25) is 0 Å². The Balaban J connectivity index is 1.92. The Morgan fingerprint density at radius 2 is 1.68 bits per heavy atom. The van der Waals surface area contributed by atoms with E-state index in [0.29, 0.717) is 24.5 Å². The summed E-state index contributed by atoms with van der Waals surface area (Å²) in [5, 5.41) is 9.51. The lowest BCUT2D eigenvalue weighted by molar-refractivity contribution is -0.152. The summed E-state index contributed by atoms with van der Waals surface area (Å²) in [7, 11) is 0. The largest absolute Gasteiger partial charge is 0.478 e. The number of carboxylic acid groups (broad SMARTS) is 1. The highest BCUT2D eigenvalue weighted by Crippen LogP contribution is 2.39. The average molecular weight is 542 g/mol. The molecule has 38 heavy (non-hydrogen) atoms. The molecule has 0 radical (unpaired) electrons. The quantitative estimate of drug-likeness (QED) is 0.197. The van der Waals surface area contributed by atoms with Crippen LogP contribution >= 0.6 is 11.8 Å². The summed E-state index contributed by atoms with van der Waals surface area (Å²) >= 11 is 1.61. The second-order valence-corrected chi connectivity index (χ2v) is 11.3. The zero-order valence-corrected chi connectivity index (χ0v) is 24.0. The van der Waals surface area contributed by atoms with Crippen LogP contribution in [0.4, 0.5) is 4.79 Å². The van der Waals surface area contributed by atoms with E-state index in [9.17, 15) is 19.5 Å². The van der Waals surface area contributed by atoms with Crippen molar-refractivity contribution in [2.24, 2.45) is 5.92 Å². The molecule has 2 atom stereocenters. The number of rotatable bonds is 11. The van der Waals surface area contributed by atoms with Crippen molar-refractivity contribution in [2.75, 3.05) is 26.0 Å². The number of carbonyl (C=O) groups excluding carboxylic acids is 2. The first-order valence-corrected chi connectivity index (χ1v) is 14.3. The molecule has 1 fully saturated rings. The van der Waals surface area contributed by atoms with Gasteiger partial charge in [0, 0.05) is 35.4 Å². The number of ketones is 1. The van der Waals surface area contributed by atoms with Gasteiger partial charge in [0.15, 0.2) is 11.4 Å². The van der Waals surface area contributed by atoms with E-state index in [-0.39, 0.29) is 18.2 Å². The Morgan fingerprint density at radius 1 is 1.05 bits per heavy atom. The number of carboxylic acids is 1. The number of carbonyl (C=O) groups is 3. The summed E-state index contributed by atoms with van der Waals surface area (Å²) in [6.45, 7) is 9.88. The van der Waals surface area contributed by atoms with Gasteiger partial charge in [-0.1, -0.05) is 44.0 Å². The van der Waals surface area contributed by atoms with E-state index in [0.717, 1.165) is 40.8 Å². The minimum absolute atomic E-state index is 0.00780. The molecule has 0 spiro atoms. The number of amides is 1. The third-order valence-corrected chi connectivity index (χ3v) is 7.79. The van der Waals surface area contributed by atoms with Crippen molar-refractivity contribution in [2.45, 2.75) is 70.3 Å². The number of Topliss-reactive ketones (excluding diaryl/α,β-unsaturated/α-hetero) is 1. The summed E-state index contributed by atoms with van der Waals surface area (Å²) < 4.78 is 11.4. The lowest BCUT2D eigenvalue weighted by Gasteiger charge is -2.26. The number of thioether (sulfide) groups is 1. The highest BCUT2D eigenvalue weighted by molar-refractivity contribution is 7.98. The lowest BCUT2D eigenvalue weighted by Crippen LogP contribution is -2.38. The summed E-state index contributed by atoms with van der Waals surface area (Å²) in [4.78, 5) is 40.9. The fourth-order valence-corrected chi connectivity index (χ4v) is 5.19. The number of nitrogens with zero attached hydrogens (tertiary/aromatic N) is 1. The Labute approximate surface area is 229 Å². The third kappa shape index (κ3) is 6.90. The second-order valence-electron chi connectivity index (χ2n) is 10.4. The molecule has 3 rings (SSSR count). The molecule has 2 aromatic carbocycles. The Morgan fingerprint density at radius 3 is 2.24 bits per heavy atom. The molecule has 1 aliphatic heterocycles. The third-order valence-electron chi connectivity index (χ3n) is 7.05. The van der Waals surface area contributed by atoms with Crippen molar-refractivity contribution in [3.63, 3.8) is 0 Å². The highest BCUT2D eigenvalue weighted by atomic mass is 32.2.